The fourth-order valence-electron chi connectivity index (χ4n) is 3.31. The summed E-state index contributed by atoms with van der Waals surface area (Å²) in [7, 11) is 1.73. The summed E-state index contributed by atoms with van der Waals surface area (Å²) < 4.78 is 10.9. The SMILES string of the molecule is CN(Cc1ccco1)C(=O)c1ccc2c(c1)CC(c1ccccc1)OC2=O. The van der Waals surface area contributed by atoms with E-state index >= 15 is 0 Å². The van der Waals surface area contributed by atoms with Crippen molar-refractivity contribution in [3.8, 4) is 0 Å². The molecule has 1 aliphatic heterocycles. The lowest BCUT2D eigenvalue weighted by atomic mass is 9.93. The molecule has 5 nitrogen and oxygen atoms in total. The van der Waals surface area contributed by atoms with E-state index in [4.69, 9.17) is 9.15 Å². The zero-order valence-electron chi connectivity index (χ0n) is 14.9. The van der Waals surface area contributed by atoms with Crippen molar-refractivity contribution < 1.29 is 18.7 Å². The maximum absolute atomic E-state index is 12.8. The number of cyclic esters (lactones) is 1. The van der Waals surface area contributed by atoms with Gasteiger partial charge < -0.3 is 14.1 Å². The Labute approximate surface area is 157 Å². The number of ether oxygens (including phenoxy) is 1. The molecule has 3 aromatic rings. The molecule has 27 heavy (non-hydrogen) atoms. The van der Waals surface area contributed by atoms with E-state index in [1.807, 2.05) is 36.4 Å². The van der Waals surface area contributed by atoms with E-state index < -0.39 is 0 Å². The van der Waals surface area contributed by atoms with Gasteiger partial charge in [-0.25, -0.2) is 4.79 Å². The van der Waals surface area contributed by atoms with Gasteiger partial charge in [0.15, 0.2) is 0 Å². The topological polar surface area (TPSA) is 59.8 Å². The molecule has 0 spiro atoms. The first-order valence-electron chi connectivity index (χ1n) is 8.78. The lowest BCUT2D eigenvalue weighted by Gasteiger charge is -2.25. The van der Waals surface area contributed by atoms with Gasteiger partial charge in [-0.15, -0.1) is 0 Å². The molecule has 0 bridgehead atoms. The number of nitrogens with zero attached hydrogens (tertiary/aromatic N) is 1. The van der Waals surface area contributed by atoms with Crippen LogP contribution in [0, 0.1) is 0 Å². The number of fused-ring (bicyclic) bond motifs is 1. The van der Waals surface area contributed by atoms with E-state index in [0.717, 1.165) is 16.9 Å². The lowest BCUT2D eigenvalue weighted by Crippen LogP contribution is -2.27. The van der Waals surface area contributed by atoms with Crippen LogP contribution in [0.1, 0.15) is 43.7 Å². The highest BCUT2D eigenvalue weighted by atomic mass is 16.5. The van der Waals surface area contributed by atoms with Gasteiger partial charge in [0, 0.05) is 19.0 Å². The molecule has 2 aromatic carbocycles. The third-order valence-corrected chi connectivity index (χ3v) is 4.72. The Balaban J connectivity index is 1.57. The second-order valence-corrected chi connectivity index (χ2v) is 6.62. The molecule has 5 heteroatoms. The van der Waals surface area contributed by atoms with Crippen LogP contribution in [0.5, 0.6) is 0 Å². The van der Waals surface area contributed by atoms with Gasteiger partial charge in [-0.05, 0) is 41.5 Å². The van der Waals surface area contributed by atoms with Gasteiger partial charge in [0.1, 0.15) is 11.9 Å². The standard InChI is InChI=1S/C22H19NO4/c1-23(14-18-8-5-11-26-18)21(24)16-9-10-19-17(12-16)13-20(27-22(19)25)15-6-3-2-4-7-15/h2-12,20H,13-14H2,1H3. The van der Waals surface area contributed by atoms with Gasteiger partial charge in [0.2, 0.25) is 0 Å². The minimum atomic E-state index is -0.354. The van der Waals surface area contributed by atoms with Crippen molar-refractivity contribution >= 4 is 11.9 Å². The number of hydrogen-bond donors (Lipinski definition) is 0. The number of benzene rings is 2. The van der Waals surface area contributed by atoms with Crippen LogP contribution in [0.15, 0.2) is 71.3 Å². The Bertz CT molecular complexity index is 963. The summed E-state index contributed by atoms with van der Waals surface area (Å²) in [5, 5.41) is 0. The molecule has 0 aliphatic carbocycles. The van der Waals surface area contributed by atoms with Crippen molar-refractivity contribution in [1.82, 2.24) is 4.90 Å². The number of carbonyl (C=O) groups excluding carboxylic acids is 2. The smallest absolute Gasteiger partial charge is 0.339 e. The highest BCUT2D eigenvalue weighted by Crippen LogP contribution is 2.31. The zero-order chi connectivity index (χ0) is 18.8. The van der Waals surface area contributed by atoms with E-state index in [0.29, 0.717) is 24.1 Å². The molecule has 1 aliphatic rings. The van der Waals surface area contributed by atoms with Crippen LogP contribution in [0.3, 0.4) is 0 Å². The van der Waals surface area contributed by atoms with Crippen LogP contribution < -0.4 is 0 Å². The number of esters is 1. The van der Waals surface area contributed by atoms with Gasteiger partial charge in [-0.3, -0.25) is 4.79 Å². The maximum atomic E-state index is 12.8. The van der Waals surface area contributed by atoms with E-state index in [1.165, 1.54) is 0 Å². The summed E-state index contributed by atoms with van der Waals surface area (Å²) in [6, 6.07) is 18.4. The normalized spacial score (nSPS) is 15.7. The Morgan fingerprint density at radius 3 is 2.67 bits per heavy atom. The molecule has 1 amide bonds. The minimum Gasteiger partial charge on any atom is -0.467 e. The van der Waals surface area contributed by atoms with Crippen LogP contribution in [-0.2, 0) is 17.7 Å². The quantitative estimate of drug-likeness (QED) is 0.659. The van der Waals surface area contributed by atoms with E-state index in [-0.39, 0.29) is 18.0 Å². The van der Waals surface area contributed by atoms with Gasteiger partial charge in [-0.1, -0.05) is 30.3 Å². The highest BCUT2D eigenvalue weighted by molar-refractivity contribution is 5.97. The Morgan fingerprint density at radius 1 is 1.11 bits per heavy atom. The number of carbonyl (C=O) groups is 2. The summed E-state index contributed by atoms with van der Waals surface area (Å²) in [5.74, 6) is 0.244. The van der Waals surface area contributed by atoms with Crippen LogP contribution in [0.25, 0.3) is 0 Å². The average molecular weight is 361 g/mol. The van der Waals surface area contributed by atoms with E-state index in [2.05, 4.69) is 0 Å². The summed E-state index contributed by atoms with van der Waals surface area (Å²) in [6.45, 7) is 0.387. The predicted octanol–water partition coefficient (Wildman–Crippen LogP) is 4.01. The molecule has 4 rings (SSSR count). The van der Waals surface area contributed by atoms with Crippen molar-refractivity contribution in [2.24, 2.45) is 0 Å². The molecule has 1 atom stereocenters. The van der Waals surface area contributed by atoms with Crippen molar-refractivity contribution in [1.29, 1.82) is 0 Å². The molecule has 0 N–H and O–H groups in total. The third kappa shape index (κ3) is 3.49. The fourth-order valence-corrected chi connectivity index (χ4v) is 3.31. The molecular weight excluding hydrogens is 342 g/mol. The second kappa shape index (κ2) is 7.11. The van der Waals surface area contributed by atoms with Crippen molar-refractivity contribution in [2.75, 3.05) is 7.05 Å². The molecule has 0 saturated heterocycles. The van der Waals surface area contributed by atoms with Crippen molar-refractivity contribution in [3.05, 3.63) is 94.9 Å². The monoisotopic (exact) mass is 361 g/mol. The zero-order valence-corrected chi connectivity index (χ0v) is 14.9. The highest BCUT2D eigenvalue weighted by Gasteiger charge is 2.28. The number of rotatable bonds is 4. The second-order valence-electron chi connectivity index (χ2n) is 6.62. The molecule has 0 radical (unpaired) electrons. The van der Waals surface area contributed by atoms with Crippen LogP contribution in [-0.4, -0.2) is 23.8 Å². The fraction of sp³-hybridized carbons (Fsp3) is 0.182. The molecule has 2 heterocycles. The van der Waals surface area contributed by atoms with Crippen LogP contribution in [0.4, 0.5) is 0 Å². The van der Waals surface area contributed by atoms with Gasteiger partial charge in [0.05, 0.1) is 18.4 Å². The number of furan rings is 1. The van der Waals surface area contributed by atoms with Crippen LogP contribution >= 0.6 is 0 Å². The molecule has 1 aromatic heterocycles. The lowest BCUT2D eigenvalue weighted by molar-refractivity contribution is 0.0252. The first-order valence-corrected chi connectivity index (χ1v) is 8.78. The molecular formula is C22H19NO4. The summed E-state index contributed by atoms with van der Waals surface area (Å²) in [4.78, 5) is 26.7. The molecule has 0 saturated carbocycles. The maximum Gasteiger partial charge on any atom is 0.339 e. The first-order chi connectivity index (χ1) is 13.1. The Kier molecular flexibility index (Phi) is 4.50. The van der Waals surface area contributed by atoms with Gasteiger partial charge in [-0.2, -0.15) is 0 Å². The average Bonchev–Trinajstić information content (AvgIpc) is 3.20. The van der Waals surface area contributed by atoms with Gasteiger partial charge >= 0.3 is 5.97 Å². The van der Waals surface area contributed by atoms with E-state index in [9.17, 15) is 9.59 Å². The van der Waals surface area contributed by atoms with Crippen LogP contribution in [0.2, 0.25) is 0 Å². The molecule has 136 valence electrons. The van der Waals surface area contributed by atoms with Gasteiger partial charge in [0.25, 0.3) is 5.91 Å². The van der Waals surface area contributed by atoms with Crippen molar-refractivity contribution in [3.63, 3.8) is 0 Å². The summed E-state index contributed by atoms with van der Waals surface area (Å²) >= 11 is 0. The first kappa shape index (κ1) is 17.1. The minimum absolute atomic E-state index is 0.121. The largest absolute Gasteiger partial charge is 0.467 e. The Morgan fingerprint density at radius 2 is 1.93 bits per heavy atom. The Hall–Kier alpha value is -3.34. The van der Waals surface area contributed by atoms with E-state index in [1.54, 1.807) is 42.5 Å². The third-order valence-electron chi connectivity index (χ3n) is 4.72. The summed E-state index contributed by atoms with van der Waals surface area (Å²) in [5.41, 5.74) is 2.84. The number of amides is 1. The molecule has 1 unspecified atom stereocenters. The predicted molar refractivity (Wildman–Crippen MR) is 99.3 cm³/mol. The molecule has 0 fully saturated rings. The number of hydrogen-bond acceptors (Lipinski definition) is 4. The van der Waals surface area contributed by atoms with Crippen molar-refractivity contribution in [2.45, 2.75) is 19.1 Å². The summed E-state index contributed by atoms with van der Waals surface area (Å²) in [6.07, 6.45) is 1.80.